The van der Waals surface area contributed by atoms with Gasteiger partial charge in [-0.3, -0.25) is 4.90 Å². The number of carbonyl (C=O) groups is 1. The van der Waals surface area contributed by atoms with E-state index < -0.39 is 0 Å². The van der Waals surface area contributed by atoms with Crippen molar-refractivity contribution in [3.8, 4) is 0 Å². The van der Waals surface area contributed by atoms with Crippen LogP contribution in [0.25, 0.3) is 0 Å². The number of nitrogens with one attached hydrogen (secondary N) is 1. The monoisotopic (exact) mass is 273 g/mol. The lowest BCUT2D eigenvalue weighted by molar-refractivity contribution is 0.237. The molecule has 0 bridgehead atoms. The molecule has 4 heteroatoms. The Morgan fingerprint density at radius 2 is 2.00 bits per heavy atom. The number of carbonyl (C=O) groups excluding carboxylic acids is 1. The van der Waals surface area contributed by atoms with E-state index >= 15 is 0 Å². The number of nitrogens with zero attached hydrogens (tertiary/aromatic N) is 1. The molecule has 1 aromatic carbocycles. The molecule has 0 spiro atoms. The SMILES string of the molecule is Nc1ccc2c(c1)CCCN2C(=O)NC1CCCCC1. The first-order chi connectivity index (χ1) is 9.74. The van der Waals surface area contributed by atoms with Crippen molar-refractivity contribution in [2.45, 2.75) is 51.0 Å². The van der Waals surface area contributed by atoms with Crippen molar-refractivity contribution < 1.29 is 4.79 Å². The number of nitrogen functional groups attached to an aromatic ring is 1. The molecule has 108 valence electrons. The van der Waals surface area contributed by atoms with Crippen LogP contribution in [0.4, 0.5) is 16.2 Å². The molecule has 20 heavy (non-hydrogen) atoms. The van der Waals surface area contributed by atoms with Gasteiger partial charge in [-0.2, -0.15) is 0 Å². The van der Waals surface area contributed by atoms with E-state index in [1.54, 1.807) is 0 Å². The zero-order valence-corrected chi connectivity index (χ0v) is 11.9. The topological polar surface area (TPSA) is 58.4 Å². The summed E-state index contributed by atoms with van der Waals surface area (Å²) < 4.78 is 0. The minimum absolute atomic E-state index is 0.0580. The highest BCUT2D eigenvalue weighted by Crippen LogP contribution is 2.29. The van der Waals surface area contributed by atoms with Crippen molar-refractivity contribution in [1.29, 1.82) is 0 Å². The predicted molar refractivity (Wildman–Crippen MR) is 81.9 cm³/mol. The third kappa shape index (κ3) is 2.74. The van der Waals surface area contributed by atoms with E-state index in [-0.39, 0.29) is 6.03 Å². The minimum Gasteiger partial charge on any atom is -0.399 e. The maximum absolute atomic E-state index is 12.5. The third-order valence-electron chi connectivity index (χ3n) is 4.40. The van der Waals surface area contributed by atoms with Crippen molar-refractivity contribution in [2.24, 2.45) is 0 Å². The average Bonchev–Trinajstić information content (AvgIpc) is 2.47. The summed E-state index contributed by atoms with van der Waals surface area (Å²) in [6, 6.07) is 6.27. The summed E-state index contributed by atoms with van der Waals surface area (Å²) in [6.07, 6.45) is 8.03. The first-order valence-electron chi connectivity index (χ1n) is 7.70. The van der Waals surface area contributed by atoms with Gasteiger partial charge in [-0.1, -0.05) is 19.3 Å². The lowest BCUT2D eigenvalue weighted by Crippen LogP contribution is -2.47. The molecule has 0 unspecified atom stereocenters. The lowest BCUT2D eigenvalue weighted by Gasteiger charge is -2.32. The Morgan fingerprint density at radius 1 is 1.20 bits per heavy atom. The Kier molecular flexibility index (Phi) is 3.81. The lowest BCUT2D eigenvalue weighted by atomic mass is 9.95. The summed E-state index contributed by atoms with van der Waals surface area (Å²) in [5.41, 5.74) is 8.83. The van der Waals surface area contributed by atoms with Gasteiger partial charge in [-0.05, 0) is 49.4 Å². The molecule has 0 atom stereocenters. The molecule has 1 saturated carbocycles. The third-order valence-corrected chi connectivity index (χ3v) is 4.40. The van der Waals surface area contributed by atoms with Crippen LogP contribution in [0.1, 0.15) is 44.1 Å². The molecule has 0 saturated heterocycles. The van der Waals surface area contributed by atoms with Gasteiger partial charge in [0.05, 0.1) is 0 Å². The van der Waals surface area contributed by atoms with Crippen LogP contribution in [0.15, 0.2) is 18.2 Å². The fourth-order valence-electron chi connectivity index (χ4n) is 3.33. The number of aryl methyl sites for hydroxylation is 1. The highest BCUT2D eigenvalue weighted by molar-refractivity contribution is 5.93. The van der Waals surface area contributed by atoms with E-state index in [0.29, 0.717) is 6.04 Å². The quantitative estimate of drug-likeness (QED) is 0.773. The van der Waals surface area contributed by atoms with E-state index in [1.807, 2.05) is 23.1 Å². The van der Waals surface area contributed by atoms with Gasteiger partial charge in [-0.25, -0.2) is 4.79 Å². The van der Waals surface area contributed by atoms with Crippen molar-refractivity contribution >= 4 is 17.4 Å². The van der Waals surface area contributed by atoms with Gasteiger partial charge in [0.25, 0.3) is 0 Å². The normalized spacial score (nSPS) is 19.5. The van der Waals surface area contributed by atoms with Gasteiger partial charge in [0.15, 0.2) is 0 Å². The number of anilines is 2. The van der Waals surface area contributed by atoms with E-state index in [1.165, 1.54) is 24.8 Å². The van der Waals surface area contributed by atoms with Gasteiger partial charge in [0.2, 0.25) is 0 Å². The second-order valence-corrected chi connectivity index (χ2v) is 5.93. The highest BCUT2D eigenvalue weighted by Gasteiger charge is 2.25. The first-order valence-corrected chi connectivity index (χ1v) is 7.70. The molecule has 2 aliphatic rings. The van der Waals surface area contributed by atoms with Crippen LogP contribution >= 0.6 is 0 Å². The average molecular weight is 273 g/mol. The number of benzene rings is 1. The molecule has 0 radical (unpaired) electrons. The molecular weight excluding hydrogens is 250 g/mol. The van der Waals surface area contributed by atoms with Crippen LogP contribution in [-0.4, -0.2) is 18.6 Å². The van der Waals surface area contributed by atoms with Crippen LogP contribution in [0, 0.1) is 0 Å². The fourth-order valence-corrected chi connectivity index (χ4v) is 3.33. The molecule has 3 N–H and O–H groups in total. The van der Waals surface area contributed by atoms with Crippen LogP contribution in [-0.2, 0) is 6.42 Å². The van der Waals surface area contributed by atoms with Crippen molar-refractivity contribution in [2.75, 3.05) is 17.2 Å². The van der Waals surface area contributed by atoms with E-state index in [2.05, 4.69) is 5.32 Å². The Morgan fingerprint density at radius 3 is 2.80 bits per heavy atom. The maximum Gasteiger partial charge on any atom is 0.322 e. The Labute approximate surface area is 120 Å². The standard InChI is InChI=1S/C16H23N3O/c17-13-8-9-15-12(11-13)5-4-10-19(15)16(20)18-14-6-2-1-3-7-14/h8-9,11,14H,1-7,10,17H2,(H,18,20). The number of urea groups is 1. The van der Waals surface area contributed by atoms with Crippen molar-refractivity contribution in [3.05, 3.63) is 23.8 Å². The van der Waals surface area contributed by atoms with Crippen molar-refractivity contribution in [3.63, 3.8) is 0 Å². The fraction of sp³-hybridized carbons (Fsp3) is 0.562. The molecule has 3 rings (SSSR count). The Hall–Kier alpha value is -1.71. The van der Waals surface area contributed by atoms with Gasteiger partial charge in [0.1, 0.15) is 0 Å². The molecular formula is C16H23N3O. The van der Waals surface area contributed by atoms with Crippen LogP contribution < -0.4 is 16.0 Å². The zero-order valence-electron chi connectivity index (χ0n) is 11.9. The highest BCUT2D eigenvalue weighted by atomic mass is 16.2. The van der Waals surface area contributed by atoms with Gasteiger partial charge < -0.3 is 11.1 Å². The van der Waals surface area contributed by atoms with Crippen molar-refractivity contribution in [1.82, 2.24) is 5.32 Å². The summed E-state index contributed by atoms with van der Waals surface area (Å²) in [7, 11) is 0. The summed E-state index contributed by atoms with van der Waals surface area (Å²) in [6.45, 7) is 0.801. The Balaban J connectivity index is 1.72. The predicted octanol–water partition coefficient (Wildman–Crippen LogP) is 3.06. The summed E-state index contributed by atoms with van der Waals surface area (Å²) in [5, 5.41) is 3.20. The van der Waals surface area contributed by atoms with E-state index in [4.69, 9.17) is 5.73 Å². The summed E-state index contributed by atoms with van der Waals surface area (Å²) in [4.78, 5) is 14.4. The van der Waals surface area contributed by atoms with Crippen LogP contribution in [0.5, 0.6) is 0 Å². The Bertz CT molecular complexity index is 494. The molecule has 2 amide bonds. The summed E-state index contributed by atoms with van der Waals surface area (Å²) in [5.74, 6) is 0. The molecule has 1 aromatic rings. The number of amides is 2. The van der Waals surface area contributed by atoms with Gasteiger partial charge in [-0.15, -0.1) is 0 Å². The van der Waals surface area contributed by atoms with E-state index in [0.717, 1.165) is 43.6 Å². The van der Waals surface area contributed by atoms with Crippen LogP contribution in [0.2, 0.25) is 0 Å². The molecule has 1 fully saturated rings. The second kappa shape index (κ2) is 5.73. The van der Waals surface area contributed by atoms with E-state index in [9.17, 15) is 4.79 Å². The number of hydrogen-bond acceptors (Lipinski definition) is 2. The second-order valence-electron chi connectivity index (χ2n) is 5.93. The molecule has 0 aromatic heterocycles. The van der Waals surface area contributed by atoms with Gasteiger partial charge >= 0.3 is 6.03 Å². The number of fused-ring (bicyclic) bond motifs is 1. The molecule has 4 nitrogen and oxygen atoms in total. The van der Waals surface area contributed by atoms with Crippen LogP contribution in [0.3, 0.4) is 0 Å². The minimum atomic E-state index is 0.0580. The largest absolute Gasteiger partial charge is 0.399 e. The maximum atomic E-state index is 12.5. The number of rotatable bonds is 1. The van der Waals surface area contributed by atoms with Gasteiger partial charge in [0, 0.05) is 24.0 Å². The number of hydrogen-bond donors (Lipinski definition) is 2. The summed E-state index contributed by atoms with van der Waals surface area (Å²) >= 11 is 0. The molecule has 1 aliphatic heterocycles. The smallest absolute Gasteiger partial charge is 0.322 e. The number of nitrogens with two attached hydrogens (primary N) is 1. The molecule has 1 aliphatic carbocycles. The zero-order chi connectivity index (χ0) is 13.9. The first kappa shape index (κ1) is 13.3. The molecule has 1 heterocycles.